The lowest BCUT2D eigenvalue weighted by atomic mass is 9.78. The first-order valence-electron chi connectivity index (χ1n) is 9.81. The third kappa shape index (κ3) is 5.43. The van der Waals surface area contributed by atoms with Gasteiger partial charge in [0.15, 0.2) is 0 Å². The van der Waals surface area contributed by atoms with Crippen LogP contribution in [0.15, 0.2) is 35.9 Å². The lowest BCUT2D eigenvalue weighted by Gasteiger charge is -2.28. The standard InChI is InChI=1S/C25H29ClN2O2/c1-15-8-9-18(13-21(15)26)28-23(30)17(14-27)10-16-11-19(24(2,3)4)22(29)20(12-16)25(5,6)7/h8-13,29H,1-7H3,(H,28,30)/b17-10-. The molecule has 30 heavy (non-hydrogen) atoms. The van der Waals surface area contributed by atoms with Crippen LogP contribution in [0.2, 0.25) is 5.02 Å². The minimum absolute atomic E-state index is 0.0305. The molecule has 0 heterocycles. The number of hydrogen-bond donors (Lipinski definition) is 2. The Morgan fingerprint density at radius 2 is 1.60 bits per heavy atom. The minimum Gasteiger partial charge on any atom is -0.507 e. The Hall–Kier alpha value is -2.77. The third-order valence-corrected chi connectivity index (χ3v) is 5.26. The molecule has 0 saturated carbocycles. The summed E-state index contributed by atoms with van der Waals surface area (Å²) in [6.45, 7) is 14.0. The summed E-state index contributed by atoms with van der Waals surface area (Å²) in [7, 11) is 0. The summed E-state index contributed by atoms with van der Waals surface area (Å²) in [6.07, 6.45) is 1.55. The van der Waals surface area contributed by atoms with Crippen molar-refractivity contribution in [2.24, 2.45) is 0 Å². The molecule has 4 nitrogen and oxygen atoms in total. The van der Waals surface area contributed by atoms with Crippen molar-refractivity contribution in [2.75, 3.05) is 5.32 Å². The molecule has 0 aliphatic carbocycles. The highest BCUT2D eigenvalue weighted by molar-refractivity contribution is 6.31. The largest absolute Gasteiger partial charge is 0.507 e. The van der Waals surface area contributed by atoms with Crippen LogP contribution in [0.1, 0.15) is 63.8 Å². The van der Waals surface area contributed by atoms with Crippen molar-refractivity contribution in [3.63, 3.8) is 0 Å². The van der Waals surface area contributed by atoms with Crippen LogP contribution in [0.5, 0.6) is 5.75 Å². The number of aryl methyl sites for hydroxylation is 1. The number of anilines is 1. The second-order valence-corrected chi connectivity index (χ2v) is 9.96. The number of phenols is 1. The van der Waals surface area contributed by atoms with Crippen LogP contribution in [0, 0.1) is 18.3 Å². The average molecular weight is 425 g/mol. The smallest absolute Gasteiger partial charge is 0.266 e. The van der Waals surface area contributed by atoms with E-state index in [0.29, 0.717) is 16.3 Å². The number of carbonyl (C=O) groups is 1. The zero-order valence-electron chi connectivity index (χ0n) is 18.6. The van der Waals surface area contributed by atoms with E-state index in [4.69, 9.17) is 11.6 Å². The maximum Gasteiger partial charge on any atom is 0.266 e. The molecular formula is C25H29ClN2O2. The predicted molar refractivity (Wildman–Crippen MR) is 124 cm³/mol. The number of rotatable bonds is 3. The molecule has 2 aromatic carbocycles. The number of aromatic hydroxyl groups is 1. The summed E-state index contributed by atoms with van der Waals surface area (Å²) in [4.78, 5) is 12.7. The van der Waals surface area contributed by atoms with Crippen LogP contribution in [0.25, 0.3) is 6.08 Å². The molecule has 0 spiro atoms. The summed E-state index contributed by atoms with van der Waals surface area (Å²) >= 11 is 6.12. The Labute approximate surface area is 184 Å². The first-order valence-corrected chi connectivity index (χ1v) is 10.2. The van der Waals surface area contributed by atoms with Gasteiger partial charge in [0.25, 0.3) is 5.91 Å². The van der Waals surface area contributed by atoms with E-state index in [9.17, 15) is 15.2 Å². The lowest BCUT2D eigenvalue weighted by molar-refractivity contribution is -0.112. The van der Waals surface area contributed by atoms with Gasteiger partial charge in [0.2, 0.25) is 0 Å². The number of benzene rings is 2. The molecule has 0 aliphatic rings. The number of nitrogens with zero attached hydrogens (tertiary/aromatic N) is 1. The molecule has 0 fully saturated rings. The zero-order chi connectivity index (χ0) is 22.9. The molecule has 0 saturated heterocycles. The highest BCUT2D eigenvalue weighted by Gasteiger charge is 2.26. The topological polar surface area (TPSA) is 73.1 Å². The fourth-order valence-electron chi connectivity index (χ4n) is 3.07. The Bertz CT molecular complexity index is 1010. The number of amides is 1. The highest BCUT2D eigenvalue weighted by atomic mass is 35.5. The summed E-state index contributed by atoms with van der Waals surface area (Å²) in [6, 6.07) is 10.8. The van der Waals surface area contributed by atoms with Gasteiger partial charge in [0, 0.05) is 21.8 Å². The van der Waals surface area contributed by atoms with E-state index in [1.165, 1.54) is 0 Å². The summed E-state index contributed by atoms with van der Waals surface area (Å²) < 4.78 is 0. The lowest BCUT2D eigenvalue weighted by Crippen LogP contribution is -2.18. The maximum absolute atomic E-state index is 12.7. The average Bonchev–Trinajstić information content (AvgIpc) is 2.61. The second-order valence-electron chi connectivity index (χ2n) is 9.55. The Kier molecular flexibility index (Phi) is 6.69. The van der Waals surface area contributed by atoms with E-state index in [0.717, 1.165) is 16.7 Å². The highest BCUT2D eigenvalue weighted by Crippen LogP contribution is 2.40. The van der Waals surface area contributed by atoms with Crippen molar-refractivity contribution in [3.8, 4) is 11.8 Å². The molecule has 0 aliphatic heterocycles. The van der Waals surface area contributed by atoms with Crippen molar-refractivity contribution in [1.29, 1.82) is 5.26 Å². The van der Waals surface area contributed by atoms with Gasteiger partial charge in [-0.3, -0.25) is 4.79 Å². The fraction of sp³-hybridized carbons (Fsp3) is 0.360. The van der Waals surface area contributed by atoms with Gasteiger partial charge >= 0.3 is 0 Å². The van der Waals surface area contributed by atoms with Crippen LogP contribution in [0.4, 0.5) is 5.69 Å². The van der Waals surface area contributed by atoms with E-state index >= 15 is 0 Å². The van der Waals surface area contributed by atoms with Crippen LogP contribution in [-0.4, -0.2) is 11.0 Å². The summed E-state index contributed by atoms with van der Waals surface area (Å²) in [5.74, 6) is -0.260. The van der Waals surface area contributed by atoms with Gasteiger partial charge in [-0.2, -0.15) is 5.26 Å². The van der Waals surface area contributed by atoms with Gasteiger partial charge in [-0.05, 0) is 59.2 Å². The molecule has 0 unspecified atom stereocenters. The number of carbonyl (C=O) groups excluding carboxylic acids is 1. The molecular weight excluding hydrogens is 396 g/mol. The van der Waals surface area contributed by atoms with Crippen molar-refractivity contribution >= 4 is 29.3 Å². The Morgan fingerprint density at radius 3 is 2.03 bits per heavy atom. The molecule has 2 aromatic rings. The van der Waals surface area contributed by atoms with Crippen molar-refractivity contribution < 1.29 is 9.90 Å². The summed E-state index contributed by atoms with van der Waals surface area (Å²) in [5, 5.41) is 23.7. The Balaban J connectivity index is 2.51. The van der Waals surface area contributed by atoms with Crippen molar-refractivity contribution in [3.05, 3.63) is 63.2 Å². The van der Waals surface area contributed by atoms with E-state index in [2.05, 4.69) is 5.32 Å². The van der Waals surface area contributed by atoms with Gasteiger partial charge < -0.3 is 10.4 Å². The van der Waals surface area contributed by atoms with Gasteiger partial charge in [0.05, 0.1) is 0 Å². The third-order valence-electron chi connectivity index (χ3n) is 4.85. The van der Waals surface area contributed by atoms with Gasteiger partial charge in [-0.1, -0.05) is 59.2 Å². The van der Waals surface area contributed by atoms with E-state index < -0.39 is 5.91 Å². The monoisotopic (exact) mass is 424 g/mol. The predicted octanol–water partition coefficient (Wildman–Crippen LogP) is 6.49. The fourth-order valence-corrected chi connectivity index (χ4v) is 3.25. The number of nitriles is 1. The van der Waals surface area contributed by atoms with Crippen LogP contribution in [0.3, 0.4) is 0 Å². The molecule has 0 bridgehead atoms. The van der Waals surface area contributed by atoms with Crippen LogP contribution >= 0.6 is 11.6 Å². The second kappa shape index (κ2) is 8.53. The van der Waals surface area contributed by atoms with Crippen molar-refractivity contribution in [2.45, 2.75) is 59.3 Å². The number of nitrogens with one attached hydrogen (secondary N) is 1. The summed E-state index contributed by atoms with van der Waals surface area (Å²) in [5.41, 5.74) is 3.01. The van der Waals surface area contributed by atoms with Gasteiger partial charge in [-0.25, -0.2) is 0 Å². The van der Waals surface area contributed by atoms with E-state index in [1.807, 2.05) is 66.7 Å². The zero-order valence-corrected chi connectivity index (χ0v) is 19.4. The molecule has 0 radical (unpaired) electrons. The first kappa shape index (κ1) is 23.5. The molecule has 0 atom stereocenters. The number of phenolic OH excluding ortho intramolecular Hbond substituents is 1. The molecule has 2 rings (SSSR count). The van der Waals surface area contributed by atoms with E-state index in [-0.39, 0.29) is 22.2 Å². The molecule has 0 aromatic heterocycles. The molecule has 158 valence electrons. The first-order chi connectivity index (χ1) is 13.7. The normalized spacial score (nSPS) is 12.4. The van der Waals surface area contributed by atoms with Gasteiger partial charge in [-0.15, -0.1) is 0 Å². The van der Waals surface area contributed by atoms with Crippen molar-refractivity contribution in [1.82, 2.24) is 0 Å². The molecule has 2 N–H and O–H groups in total. The maximum atomic E-state index is 12.7. The molecule has 1 amide bonds. The van der Waals surface area contributed by atoms with Crippen LogP contribution < -0.4 is 5.32 Å². The minimum atomic E-state index is -0.514. The SMILES string of the molecule is Cc1ccc(NC(=O)/C(C#N)=C\c2cc(C(C)(C)C)c(O)c(C(C)(C)C)c2)cc1Cl. The van der Waals surface area contributed by atoms with Crippen LogP contribution in [-0.2, 0) is 15.6 Å². The number of hydrogen-bond acceptors (Lipinski definition) is 3. The Morgan fingerprint density at radius 1 is 1.07 bits per heavy atom. The number of halogens is 1. The quantitative estimate of drug-likeness (QED) is 0.436. The van der Waals surface area contributed by atoms with Gasteiger partial charge in [0.1, 0.15) is 17.4 Å². The molecule has 5 heteroatoms. The van der Waals surface area contributed by atoms with E-state index in [1.54, 1.807) is 24.3 Å².